The van der Waals surface area contributed by atoms with Crippen LogP contribution >= 0.6 is 11.6 Å². The molecule has 1 unspecified atom stereocenters. The molecule has 2 saturated carbocycles. The highest BCUT2D eigenvalue weighted by Gasteiger charge is 2.64. The van der Waals surface area contributed by atoms with Crippen molar-refractivity contribution < 1.29 is 36.3 Å². The summed E-state index contributed by atoms with van der Waals surface area (Å²) in [7, 11) is 1.25. The maximum atomic E-state index is 15.9. The van der Waals surface area contributed by atoms with E-state index in [1.54, 1.807) is 10.9 Å². The quantitative estimate of drug-likeness (QED) is 0.206. The normalized spacial score (nSPS) is 20.7. The highest BCUT2D eigenvalue weighted by molar-refractivity contribution is 6.32. The van der Waals surface area contributed by atoms with E-state index in [4.69, 9.17) is 16.3 Å². The van der Waals surface area contributed by atoms with Crippen LogP contribution in [-0.2, 0) is 4.74 Å². The minimum atomic E-state index is -4.71. The highest BCUT2D eigenvalue weighted by atomic mass is 35.5. The molecule has 13 nitrogen and oxygen atoms in total. The lowest BCUT2D eigenvalue weighted by Crippen LogP contribution is -2.51. The van der Waals surface area contributed by atoms with Gasteiger partial charge in [-0.25, -0.2) is 27.9 Å². The molecule has 0 saturated heterocycles. The monoisotopic (exact) mass is 704 g/mol. The van der Waals surface area contributed by atoms with Crippen molar-refractivity contribution in [1.82, 2.24) is 45.3 Å². The number of alkyl halides is 4. The van der Waals surface area contributed by atoms with E-state index in [0.29, 0.717) is 0 Å². The van der Waals surface area contributed by atoms with Crippen LogP contribution in [-0.4, -0.2) is 78.0 Å². The van der Waals surface area contributed by atoms with Crippen LogP contribution in [0.1, 0.15) is 65.8 Å². The number of halogens is 6. The standard InChI is InChI=1S/C30H26ClF5N10O3/c1-37-27-40-24(33)25-38-14-39-46(25)22-11-15(3-7-19(22)31)23(13-49-28(48)41-29(8-9-29)30(34,35)36)45(27)26(47)16-2-6-18(20(32)10-16)21-12-44(43-42-21)17-4-5-17/h2-3,6-7,10-12,14,17,23-24H,4-5,8-9,13H2,1H3,(H,37,40)(H,41,48)/t23-,24?/m1/s1. The van der Waals surface area contributed by atoms with Crippen molar-refractivity contribution in [3.63, 3.8) is 0 Å². The first-order chi connectivity index (χ1) is 23.4. The van der Waals surface area contributed by atoms with Gasteiger partial charge in [0.1, 0.15) is 30.0 Å². The van der Waals surface area contributed by atoms with Crippen molar-refractivity contribution in [2.75, 3.05) is 13.7 Å². The van der Waals surface area contributed by atoms with E-state index in [9.17, 15) is 22.8 Å². The number of hydrogen-bond donors (Lipinski definition) is 2. The number of hydrogen-bond acceptors (Lipinski definition) is 8. The predicted molar refractivity (Wildman–Crippen MR) is 162 cm³/mol. The molecule has 7 rings (SSSR count). The molecule has 19 heteroatoms. The zero-order chi connectivity index (χ0) is 34.7. The zero-order valence-electron chi connectivity index (χ0n) is 25.5. The van der Waals surface area contributed by atoms with Gasteiger partial charge in [0.25, 0.3) is 5.91 Å². The number of rotatable bonds is 6. The molecular weight excluding hydrogens is 679 g/mol. The third kappa shape index (κ3) is 6.04. The number of carbonyl (C=O) groups excluding carboxylic acids is 2. The number of amides is 2. The molecule has 2 aromatic heterocycles. The first-order valence-corrected chi connectivity index (χ1v) is 15.4. The minimum absolute atomic E-state index is 0.0765. The lowest BCUT2D eigenvalue weighted by molar-refractivity contribution is -0.164. The van der Waals surface area contributed by atoms with Gasteiger partial charge in [0.15, 0.2) is 5.82 Å². The second kappa shape index (κ2) is 12.1. The van der Waals surface area contributed by atoms with Crippen molar-refractivity contribution >= 4 is 29.6 Å². The minimum Gasteiger partial charge on any atom is -0.447 e. The molecule has 4 aromatic rings. The number of ether oxygens (including phenoxy) is 1. The summed E-state index contributed by atoms with van der Waals surface area (Å²) < 4.78 is 80.2. The van der Waals surface area contributed by atoms with E-state index >= 15 is 8.78 Å². The van der Waals surface area contributed by atoms with Crippen LogP contribution in [0.15, 0.2) is 53.9 Å². The molecule has 2 atom stereocenters. The number of aromatic nitrogens is 6. The summed E-state index contributed by atoms with van der Waals surface area (Å²) in [6.45, 7) is -0.737. The Balaban J connectivity index is 1.27. The first-order valence-electron chi connectivity index (χ1n) is 15.0. The average Bonchev–Trinajstić information content (AvgIpc) is 3.97. The third-order valence-corrected chi connectivity index (χ3v) is 8.86. The number of nitrogens with zero attached hydrogens (tertiary/aromatic N) is 8. The molecule has 2 aliphatic carbocycles. The van der Waals surface area contributed by atoms with Gasteiger partial charge in [-0.3, -0.25) is 14.7 Å². The average molecular weight is 705 g/mol. The van der Waals surface area contributed by atoms with Crippen LogP contribution in [0, 0.1) is 5.82 Å². The maximum Gasteiger partial charge on any atom is 0.411 e. The Morgan fingerprint density at radius 2 is 1.96 bits per heavy atom. The molecule has 2 N–H and O–H groups in total. The van der Waals surface area contributed by atoms with E-state index in [2.05, 4.69) is 30.7 Å². The van der Waals surface area contributed by atoms with Crippen molar-refractivity contribution in [3.05, 3.63) is 76.7 Å². The van der Waals surface area contributed by atoms with E-state index in [1.807, 2.05) is 5.32 Å². The summed E-state index contributed by atoms with van der Waals surface area (Å²) in [5.74, 6) is -2.38. The van der Waals surface area contributed by atoms with Gasteiger partial charge in [0.2, 0.25) is 12.3 Å². The summed E-state index contributed by atoms with van der Waals surface area (Å²) in [5, 5.41) is 16.6. The van der Waals surface area contributed by atoms with E-state index in [-0.39, 0.29) is 57.8 Å². The van der Waals surface area contributed by atoms with Crippen molar-refractivity contribution in [1.29, 1.82) is 0 Å². The molecule has 49 heavy (non-hydrogen) atoms. The third-order valence-electron chi connectivity index (χ3n) is 8.54. The molecule has 3 heterocycles. The second-order valence-corrected chi connectivity index (χ2v) is 12.2. The Kier molecular flexibility index (Phi) is 7.99. The molecule has 0 radical (unpaired) electrons. The van der Waals surface area contributed by atoms with Gasteiger partial charge in [-0.05, 0) is 61.6 Å². The molecule has 3 aliphatic rings. The molecule has 2 fully saturated rings. The Hall–Kier alpha value is -5.13. The van der Waals surface area contributed by atoms with Crippen molar-refractivity contribution in [2.45, 2.75) is 55.8 Å². The Morgan fingerprint density at radius 1 is 1.18 bits per heavy atom. The lowest BCUT2D eigenvalue weighted by Gasteiger charge is -2.34. The van der Waals surface area contributed by atoms with Crippen LogP contribution in [0.2, 0.25) is 5.02 Å². The smallest absolute Gasteiger partial charge is 0.411 e. The summed E-state index contributed by atoms with van der Waals surface area (Å²) in [4.78, 5) is 36.1. The Labute approximate surface area is 279 Å². The SMILES string of the molecule is CN=C1NC(F)c2ncnn2-c2cc(ccc2Cl)[C@@H](COC(=O)NC2(C(F)(F)F)CC2)N1C(=O)c1ccc(-c2cn(C3CC3)nn2)c(F)c1. The number of fused-ring (bicyclic) bond motifs is 4. The van der Waals surface area contributed by atoms with Crippen LogP contribution in [0.5, 0.6) is 0 Å². The Morgan fingerprint density at radius 3 is 2.63 bits per heavy atom. The van der Waals surface area contributed by atoms with Gasteiger partial charge in [-0.1, -0.05) is 22.9 Å². The molecular formula is C30H26ClF5N10O3. The second-order valence-electron chi connectivity index (χ2n) is 11.8. The maximum absolute atomic E-state index is 15.9. The largest absolute Gasteiger partial charge is 0.447 e. The summed E-state index contributed by atoms with van der Waals surface area (Å²) in [5.41, 5.74) is -1.94. The fourth-order valence-electron chi connectivity index (χ4n) is 5.54. The van der Waals surface area contributed by atoms with Crippen LogP contribution in [0.3, 0.4) is 0 Å². The number of carbonyl (C=O) groups is 2. The van der Waals surface area contributed by atoms with Crippen molar-refractivity contribution in [2.24, 2.45) is 4.99 Å². The lowest BCUT2D eigenvalue weighted by atomic mass is 10.0. The molecule has 2 aromatic carbocycles. The fourth-order valence-corrected chi connectivity index (χ4v) is 5.73. The van der Waals surface area contributed by atoms with Crippen molar-refractivity contribution in [3.8, 4) is 16.9 Å². The predicted octanol–water partition coefficient (Wildman–Crippen LogP) is 5.21. The number of nitrogens with one attached hydrogen (secondary N) is 2. The van der Waals surface area contributed by atoms with E-state index < -0.39 is 54.4 Å². The zero-order valence-corrected chi connectivity index (χ0v) is 26.2. The molecule has 0 spiro atoms. The van der Waals surface area contributed by atoms with Crippen LogP contribution in [0.25, 0.3) is 16.9 Å². The first kappa shape index (κ1) is 32.4. The van der Waals surface area contributed by atoms with E-state index in [0.717, 1.165) is 34.8 Å². The Bertz CT molecular complexity index is 1970. The van der Waals surface area contributed by atoms with Gasteiger partial charge in [-0.2, -0.15) is 18.3 Å². The number of guanidine groups is 1. The highest BCUT2D eigenvalue weighted by Crippen LogP contribution is 2.49. The van der Waals surface area contributed by atoms with Gasteiger partial charge >= 0.3 is 12.3 Å². The summed E-state index contributed by atoms with van der Waals surface area (Å²) in [6.07, 6.45) is -4.32. The number of alkyl carbamates (subject to hydrolysis) is 1. The topological polar surface area (TPSA) is 144 Å². The molecule has 2 bridgehead atoms. The van der Waals surface area contributed by atoms with Gasteiger partial charge < -0.3 is 15.4 Å². The van der Waals surface area contributed by atoms with Gasteiger partial charge in [0, 0.05) is 18.2 Å². The number of benzene rings is 2. The van der Waals surface area contributed by atoms with Gasteiger partial charge in [0.05, 0.1) is 29.0 Å². The van der Waals surface area contributed by atoms with Crippen LogP contribution in [0.4, 0.5) is 26.7 Å². The molecule has 2 amide bonds. The van der Waals surface area contributed by atoms with Crippen LogP contribution < -0.4 is 10.6 Å². The number of aliphatic imine (C=N–C) groups is 1. The van der Waals surface area contributed by atoms with E-state index in [1.165, 1.54) is 37.4 Å². The fraction of sp³-hybridized carbons (Fsp3) is 0.367. The summed E-state index contributed by atoms with van der Waals surface area (Å²) >= 11 is 6.45. The summed E-state index contributed by atoms with van der Waals surface area (Å²) in [6, 6.07) is 6.80. The molecule has 1 aliphatic heterocycles. The van der Waals surface area contributed by atoms with Gasteiger partial charge in [-0.15, -0.1) is 5.10 Å². The molecule has 256 valence electrons.